The van der Waals surface area contributed by atoms with E-state index in [0.29, 0.717) is 38.0 Å². The van der Waals surface area contributed by atoms with Crippen molar-refractivity contribution in [2.24, 2.45) is 5.92 Å². The van der Waals surface area contributed by atoms with Crippen LogP contribution in [0.4, 0.5) is 0 Å². The molecule has 2 unspecified atom stereocenters. The number of sulfonamides is 1. The van der Waals surface area contributed by atoms with Gasteiger partial charge in [0.05, 0.1) is 18.5 Å². The van der Waals surface area contributed by atoms with Gasteiger partial charge in [-0.25, -0.2) is 8.42 Å². The monoisotopic (exact) mass is 317 g/mol. The Balaban J connectivity index is 1.72. The maximum Gasteiger partial charge on any atom is 0.214 e. The van der Waals surface area contributed by atoms with Gasteiger partial charge in [-0.15, -0.1) is 0 Å². The second kappa shape index (κ2) is 6.14. The molecule has 0 radical (unpaired) electrons. The largest absolute Gasteiger partial charge is 0.378 e. The fourth-order valence-corrected chi connectivity index (χ4v) is 5.82. The lowest BCUT2D eigenvalue weighted by Gasteiger charge is -2.43. The van der Waals surface area contributed by atoms with Crippen LogP contribution in [0.15, 0.2) is 0 Å². The summed E-state index contributed by atoms with van der Waals surface area (Å²) in [7, 11) is -3.18. The number of rotatable bonds is 4. The van der Waals surface area contributed by atoms with Gasteiger partial charge in [0.2, 0.25) is 10.0 Å². The number of hydrogen-bond donors (Lipinski definition) is 0. The summed E-state index contributed by atoms with van der Waals surface area (Å²) in [6.07, 6.45) is 6.14. The molecule has 0 amide bonds. The van der Waals surface area contributed by atoms with Crippen molar-refractivity contribution in [3.05, 3.63) is 0 Å². The summed E-state index contributed by atoms with van der Waals surface area (Å²) in [5.41, 5.74) is -0.401. The Morgan fingerprint density at radius 1 is 1.29 bits per heavy atom. The van der Waals surface area contributed by atoms with Crippen molar-refractivity contribution in [2.45, 2.75) is 57.2 Å². The van der Waals surface area contributed by atoms with Crippen LogP contribution in [0, 0.1) is 5.92 Å². The molecule has 3 rings (SSSR count). The smallest absolute Gasteiger partial charge is 0.214 e. The third-order valence-electron chi connectivity index (χ3n) is 5.13. The van der Waals surface area contributed by atoms with Gasteiger partial charge >= 0.3 is 0 Å². The highest BCUT2D eigenvalue weighted by molar-refractivity contribution is 7.89. The molecule has 21 heavy (non-hydrogen) atoms. The zero-order valence-corrected chi connectivity index (χ0v) is 13.7. The van der Waals surface area contributed by atoms with E-state index < -0.39 is 15.6 Å². The molecule has 6 heteroatoms. The average Bonchev–Trinajstić information content (AvgIpc) is 3.10. The predicted octanol–water partition coefficient (Wildman–Crippen LogP) is 1.78. The first kappa shape index (κ1) is 15.7. The van der Waals surface area contributed by atoms with Crippen LogP contribution in [0.25, 0.3) is 0 Å². The standard InChI is InChI=1S/C15H27NO4S/c1-2-14-9-16(11-15(20-14)7-8-19-12-15)21(17,18)10-13-5-3-4-6-13/h13-14H,2-12H2,1H3. The Morgan fingerprint density at radius 3 is 2.67 bits per heavy atom. The van der Waals surface area contributed by atoms with Crippen LogP contribution in [0.1, 0.15) is 45.4 Å². The topological polar surface area (TPSA) is 55.8 Å². The molecule has 2 aliphatic heterocycles. The van der Waals surface area contributed by atoms with Crippen LogP contribution >= 0.6 is 0 Å². The lowest BCUT2D eigenvalue weighted by Crippen LogP contribution is -2.58. The van der Waals surface area contributed by atoms with Gasteiger partial charge in [0.1, 0.15) is 5.60 Å². The van der Waals surface area contributed by atoms with E-state index in [1.807, 2.05) is 0 Å². The van der Waals surface area contributed by atoms with E-state index in [1.54, 1.807) is 4.31 Å². The van der Waals surface area contributed by atoms with Crippen LogP contribution in [-0.4, -0.2) is 56.5 Å². The summed E-state index contributed by atoms with van der Waals surface area (Å²) in [5, 5.41) is 0. The van der Waals surface area contributed by atoms with Gasteiger partial charge < -0.3 is 9.47 Å². The van der Waals surface area contributed by atoms with Gasteiger partial charge in [-0.2, -0.15) is 4.31 Å². The van der Waals surface area contributed by atoms with E-state index in [2.05, 4.69) is 6.92 Å². The molecule has 1 saturated carbocycles. The zero-order chi connectivity index (χ0) is 14.9. The number of hydrogen-bond acceptors (Lipinski definition) is 4. The van der Waals surface area contributed by atoms with E-state index in [9.17, 15) is 8.42 Å². The fourth-order valence-electron chi connectivity index (χ4n) is 3.85. The van der Waals surface area contributed by atoms with Gasteiger partial charge in [0, 0.05) is 26.1 Å². The Hall–Kier alpha value is -0.170. The van der Waals surface area contributed by atoms with Crippen LogP contribution in [0.3, 0.4) is 0 Å². The lowest BCUT2D eigenvalue weighted by atomic mass is 10.00. The van der Waals surface area contributed by atoms with Gasteiger partial charge in [-0.3, -0.25) is 0 Å². The van der Waals surface area contributed by atoms with Crippen LogP contribution in [-0.2, 0) is 19.5 Å². The van der Waals surface area contributed by atoms with Crippen molar-refractivity contribution in [2.75, 3.05) is 32.1 Å². The summed E-state index contributed by atoms with van der Waals surface area (Å²) in [5.74, 6) is 0.675. The van der Waals surface area contributed by atoms with Crippen molar-refractivity contribution in [1.82, 2.24) is 4.31 Å². The second-order valence-electron chi connectivity index (χ2n) is 6.86. The minimum Gasteiger partial charge on any atom is -0.378 e. The SMILES string of the molecule is CCC1CN(S(=O)(=O)CC2CCCC2)CC2(CCOC2)O1. The maximum absolute atomic E-state index is 12.8. The third-order valence-corrected chi connectivity index (χ3v) is 7.08. The van der Waals surface area contributed by atoms with Gasteiger partial charge in [-0.05, 0) is 25.2 Å². The Labute approximate surface area is 128 Å². The quantitative estimate of drug-likeness (QED) is 0.793. The molecule has 2 atom stereocenters. The summed E-state index contributed by atoms with van der Waals surface area (Å²) in [6.45, 7) is 4.24. The van der Waals surface area contributed by atoms with Crippen LogP contribution in [0.2, 0.25) is 0 Å². The highest BCUT2D eigenvalue weighted by atomic mass is 32.2. The normalized spacial score (nSPS) is 35.8. The number of nitrogens with zero attached hydrogens (tertiary/aromatic N) is 1. The minimum absolute atomic E-state index is 0.00111. The number of morpholine rings is 1. The summed E-state index contributed by atoms with van der Waals surface area (Å²) >= 11 is 0. The molecule has 122 valence electrons. The van der Waals surface area contributed by atoms with E-state index in [1.165, 1.54) is 12.8 Å². The number of ether oxygens (including phenoxy) is 2. The molecule has 3 fully saturated rings. The first-order valence-corrected chi connectivity index (χ1v) is 9.87. The lowest BCUT2D eigenvalue weighted by molar-refractivity contribution is -0.137. The molecule has 2 saturated heterocycles. The van der Waals surface area contributed by atoms with Crippen molar-refractivity contribution in [3.63, 3.8) is 0 Å². The molecule has 0 aromatic carbocycles. The molecular weight excluding hydrogens is 290 g/mol. The van der Waals surface area contributed by atoms with Crippen molar-refractivity contribution >= 4 is 10.0 Å². The molecule has 0 aromatic rings. The van der Waals surface area contributed by atoms with Gasteiger partial charge in [-0.1, -0.05) is 19.8 Å². The molecule has 1 aliphatic carbocycles. The average molecular weight is 317 g/mol. The van der Waals surface area contributed by atoms with Crippen LogP contribution < -0.4 is 0 Å². The summed E-state index contributed by atoms with van der Waals surface area (Å²) in [6, 6.07) is 0. The fraction of sp³-hybridized carbons (Fsp3) is 1.00. The van der Waals surface area contributed by atoms with Crippen molar-refractivity contribution < 1.29 is 17.9 Å². The summed E-state index contributed by atoms with van der Waals surface area (Å²) < 4.78 is 38.9. The van der Waals surface area contributed by atoms with Gasteiger partial charge in [0.25, 0.3) is 0 Å². The van der Waals surface area contributed by atoms with E-state index >= 15 is 0 Å². The molecule has 0 bridgehead atoms. The molecule has 3 aliphatic rings. The molecular formula is C15H27NO4S. The van der Waals surface area contributed by atoms with Gasteiger partial charge in [0.15, 0.2) is 0 Å². The molecule has 0 N–H and O–H groups in total. The summed E-state index contributed by atoms with van der Waals surface area (Å²) in [4.78, 5) is 0. The maximum atomic E-state index is 12.8. The van der Waals surface area contributed by atoms with Crippen molar-refractivity contribution in [1.29, 1.82) is 0 Å². The Kier molecular flexibility index (Phi) is 4.60. The highest BCUT2D eigenvalue weighted by Crippen LogP contribution is 2.34. The van der Waals surface area contributed by atoms with Crippen LogP contribution in [0.5, 0.6) is 0 Å². The third kappa shape index (κ3) is 3.44. The minimum atomic E-state index is -3.18. The first-order chi connectivity index (χ1) is 10.0. The van der Waals surface area contributed by atoms with Crippen molar-refractivity contribution in [3.8, 4) is 0 Å². The Morgan fingerprint density at radius 2 is 2.05 bits per heavy atom. The second-order valence-corrected chi connectivity index (χ2v) is 8.87. The molecule has 0 aromatic heterocycles. The molecule has 2 heterocycles. The molecule has 5 nitrogen and oxygen atoms in total. The first-order valence-electron chi connectivity index (χ1n) is 8.26. The van der Waals surface area contributed by atoms with E-state index in [-0.39, 0.29) is 6.10 Å². The highest BCUT2D eigenvalue weighted by Gasteiger charge is 2.46. The van der Waals surface area contributed by atoms with E-state index in [4.69, 9.17) is 9.47 Å². The predicted molar refractivity (Wildman–Crippen MR) is 80.6 cm³/mol. The zero-order valence-electron chi connectivity index (χ0n) is 12.9. The van der Waals surface area contributed by atoms with E-state index in [0.717, 1.165) is 25.7 Å². The molecule has 1 spiro atoms. The Bertz CT molecular complexity index is 452.